The van der Waals surface area contributed by atoms with Gasteiger partial charge in [0.05, 0.1) is 12.3 Å². The lowest BCUT2D eigenvalue weighted by molar-refractivity contribution is 0.112. The summed E-state index contributed by atoms with van der Waals surface area (Å²) < 4.78 is 5.78. The number of aromatic nitrogens is 3. The Morgan fingerprint density at radius 2 is 2.00 bits per heavy atom. The highest BCUT2D eigenvalue weighted by Crippen LogP contribution is 2.41. The minimum atomic E-state index is 0.0412. The molecule has 2 aliphatic rings. The van der Waals surface area contributed by atoms with Crippen molar-refractivity contribution in [2.24, 2.45) is 23.5 Å². The first-order valence-corrected chi connectivity index (χ1v) is 11.6. The molecule has 0 amide bonds. The molecule has 0 aliphatic heterocycles. The summed E-state index contributed by atoms with van der Waals surface area (Å²) in [4.78, 5) is 13.2. The number of ether oxygens (including phenoxy) is 1. The maximum Gasteiger partial charge on any atom is 0.224 e. The molecule has 2 saturated carbocycles. The van der Waals surface area contributed by atoms with Crippen LogP contribution in [-0.4, -0.2) is 33.6 Å². The van der Waals surface area contributed by atoms with Crippen molar-refractivity contribution in [2.45, 2.75) is 64.6 Å². The lowest BCUT2D eigenvalue weighted by Crippen LogP contribution is -2.47. The Morgan fingerprint density at radius 1 is 1.22 bits per heavy atom. The Balaban J connectivity index is 1.39. The van der Waals surface area contributed by atoms with Gasteiger partial charge in [-0.3, -0.25) is 0 Å². The van der Waals surface area contributed by atoms with Gasteiger partial charge in [0.15, 0.2) is 0 Å². The Labute approximate surface area is 190 Å². The number of hydrogen-bond donors (Lipinski definition) is 3. The molecule has 4 atom stereocenters. The molecular formula is C24H33N7O. The van der Waals surface area contributed by atoms with Crippen LogP contribution < -0.4 is 21.1 Å². The van der Waals surface area contributed by atoms with Crippen LogP contribution in [0.4, 0.5) is 11.8 Å². The third kappa shape index (κ3) is 5.28. The topological polar surface area (TPSA) is 122 Å². The second-order valence-electron chi connectivity index (χ2n) is 9.30. The zero-order valence-electron chi connectivity index (χ0n) is 18.9. The normalized spacial score (nSPS) is 24.6. The smallest absolute Gasteiger partial charge is 0.224 e. The van der Waals surface area contributed by atoms with Crippen LogP contribution in [-0.2, 0) is 6.54 Å². The number of pyridine rings is 1. The third-order valence-electron chi connectivity index (χ3n) is 6.61. The number of rotatable bonds is 8. The Morgan fingerprint density at radius 3 is 2.72 bits per heavy atom. The fourth-order valence-electron chi connectivity index (χ4n) is 5.07. The van der Waals surface area contributed by atoms with Gasteiger partial charge < -0.3 is 21.1 Å². The van der Waals surface area contributed by atoms with Crippen molar-refractivity contribution in [2.75, 3.05) is 17.2 Å². The summed E-state index contributed by atoms with van der Waals surface area (Å²) in [6.45, 7) is 5.23. The highest BCUT2D eigenvalue weighted by Gasteiger charge is 2.37. The van der Waals surface area contributed by atoms with Crippen molar-refractivity contribution in [3.05, 3.63) is 35.7 Å². The molecule has 0 aromatic carbocycles. The minimum absolute atomic E-state index is 0.0412. The van der Waals surface area contributed by atoms with Gasteiger partial charge in [-0.05, 0) is 63.4 Å². The second kappa shape index (κ2) is 10.1. The van der Waals surface area contributed by atoms with Gasteiger partial charge >= 0.3 is 0 Å². The third-order valence-corrected chi connectivity index (χ3v) is 6.61. The molecule has 8 nitrogen and oxygen atoms in total. The average molecular weight is 436 g/mol. The van der Waals surface area contributed by atoms with Gasteiger partial charge in [-0.1, -0.05) is 12.5 Å². The Bertz CT molecular complexity index is 944. The van der Waals surface area contributed by atoms with Crippen LogP contribution in [0.3, 0.4) is 0 Å². The van der Waals surface area contributed by atoms with Crippen LogP contribution in [0.25, 0.3) is 0 Å². The number of anilines is 2. The highest BCUT2D eigenvalue weighted by atomic mass is 16.5. The van der Waals surface area contributed by atoms with E-state index >= 15 is 0 Å². The van der Waals surface area contributed by atoms with Crippen molar-refractivity contribution < 1.29 is 4.74 Å². The monoisotopic (exact) mass is 435 g/mol. The number of fused-ring (bicyclic) bond motifs is 2. The Hall–Kier alpha value is -2.92. The fraction of sp³-hybridized carbons (Fsp3) is 0.583. The molecule has 4 rings (SSSR count). The molecule has 170 valence electrons. The average Bonchev–Trinajstić information content (AvgIpc) is 2.77. The van der Waals surface area contributed by atoms with Crippen molar-refractivity contribution in [3.8, 4) is 11.9 Å². The number of nitriles is 1. The summed E-state index contributed by atoms with van der Waals surface area (Å²) in [6, 6.07) is 6.40. The molecule has 8 heteroatoms. The fourth-order valence-corrected chi connectivity index (χ4v) is 5.07. The van der Waals surface area contributed by atoms with Gasteiger partial charge in [0.1, 0.15) is 17.5 Å². The van der Waals surface area contributed by atoms with Crippen LogP contribution in [0.5, 0.6) is 5.88 Å². The first kappa shape index (κ1) is 22.3. The number of hydrogen-bond acceptors (Lipinski definition) is 8. The van der Waals surface area contributed by atoms with E-state index in [1.54, 1.807) is 12.4 Å². The van der Waals surface area contributed by atoms with E-state index < -0.39 is 0 Å². The summed E-state index contributed by atoms with van der Waals surface area (Å²) in [7, 11) is 0. The van der Waals surface area contributed by atoms with E-state index in [1.807, 2.05) is 26.0 Å². The van der Waals surface area contributed by atoms with Gasteiger partial charge in [0.2, 0.25) is 11.8 Å². The van der Waals surface area contributed by atoms with Crippen LogP contribution in [0.2, 0.25) is 0 Å². The van der Waals surface area contributed by atoms with Gasteiger partial charge in [-0.25, -0.2) is 9.97 Å². The predicted molar refractivity (Wildman–Crippen MR) is 124 cm³/mol. The minimum Gasteiger partial charge on any atom is -0.475 e. The van der Waals surface area contributed by atoms with Crippen LogP contribution in [0, 0.1) is 29.1 Å². The second-order valence-corrected chi connectivity index (χ2v) is 9.30. The zero-order chi connectivity index (χ0) is 22.5. The molecule has 1 unspecified atom stereocenters. The molecule has 2 heterocycles. The molecule has 2 fully saturated rings. The van der Waals surface area contributed by atoms with Crippen LogP contribution in [0.15, 0.2) is 24.5 Å². The molecule has 0 saturated heterocycles. The summed E-state index contributed by atoms with van der Waals surface area (Å²) in [5, 5.41) is 16.2. The standard InChI is InChI=1S/C24H33N7O/c1-15(2)32-23-19(7-4-8-27-23)13-29-24-30-14-20(11-25)22(31-24)28-12-16-9-17-5-3-6-18(10-16)21(17)26/h4,7-8,14-18,21H,3,5-6,9-10,12-13,26H2,1-2H3,(H2,28,29,30,31)/t16?,17-,18+,21-. The summed E-state index contributed by atoms with van der Waals surface area (Å²) in [5.74, 6) is 3.48. The van der Waals surface area contributed by atoms with E-state index in [9.17, 15) is 5.26 Å². The summed E-state index contributed by atoms with van der Waals surface area (Å²) in [6.07, 6.45) is 9.44. The van der Waals surface area contributed by atoms with E-state index in [4.69, 9.17) is 10.5 Å². The Kier molecular flexibility index (Phi) is 7.05. The maximum absolute atomic E-state index is 9.51. The van der Waals surface area contributed by atoms with Crippen molar-refractivity contribution >= 4 is 11.8 Å². The van der Waals surface area contributed by atoms with E-state index in [-0.39, 0.29) is 6.10 Å². The molecule has 2 aliphatic carbocycles. The van der Waals surface area contributed by atoms with Crippen molar-refractivity contribution in [3.63, 3.8) is 0 Å². The van der Waals surface area contributed by atoms with Gasteiger partial charge in [-0.15, -0.1) is 0 Å². The van der Waals surface area contributed by atoms with Gasteiger partial charge in [-0.2, -0.15) is 10.2 Å². The maximum atomic E-state index is 9.51. The van der Waals surface area contributed by atoms with Crippen LogP contribution in [0.1, 0.15) is 57.1 Å². The summed E-state index contributed by atoms with van der Waals surface area (Å²) >= 11 is 0. The molecule has 32 heavy (non-hydrogen) atoms. The SMILES string of the molecule is CC(C)Oc1ncccc1CNc1ncc(C#N)c(NCC2C[C@H]3CCC[C@@H](C2)[C@@H]3N)n1. The highest BCUT2D eigenvalue weighted by molar-refractivity contribution is 5.53. The predicted octanol–water partition coefficient (Wildman–Crippen LogP) is 3.71. The lowest BCUT2D eigenvalue weighted by Gasteiger charge is -2.44. The van der Waals surface area contributed by atoms with E-state index in [0.29, 0.717) is 53.5 Å². The number of nitrogens with zero attached hydrogens (tertiary/aromatic N) is 4. The van der Waals surface area contributed by atoms with Crippen molar-refractivity contribution in [1.82, 2.24) is 15.0 Å². The molecule has 0 spiro atoms. The first-order valence-electron chi connectivity index (χ1n) is 11.6. The molecule has 0 radical (unpaired) electrons. The zero-order valence-corrected chi connectivity index (χ0v) is 18.9. The van der Waals surface area contributed by atoms with Gasteiger partial charge in [0, 0.05) is 30.9 Å². The van der Waals surface area contributed by atoms with Gasteiger partial charge in [0.25, 0.3) is 0 Å². The van der Waals surface area contributed by atoms with E-state index in [0.717, 1.165) is 24.9 Å². The molecule has 4 N–H and O–H groups in total. The number of nitrogens with one attached hydrogen (secondary N) is 2. The number of nitrogens with two attached hydrogens (primary N) is 1. The first-order chi connectivity index (χ1) is 15.5. The molecular weight excluding hydrogens is 402 g/mol. The largest absolute Gasteiger partial charge is 0.475 e. The van der Waals surface area contributed by atoms with E-state index in [2.05, 4.69) is 31.7 Å². The lowest BCUT2D eigenvalue weighted by atomic mass is 9.65. The van der Waals surface area contributed by atoms with E-state index in [1.165, 1.54) is 19.3 Å². The molecule has 2 aromatic rings. The van der Waals surface area contributed by atoms with Crippen LogP contribution >= 0.6 is 0 Å². The van der Waals surface area contributed by atoms with Crippen molar-refractivity contribution in [1.29, 1.82) is 5.26 Å². The molecule has 2 bridgehead atoms. The summed E-state index contributed by atoms with van der Waals surface area (Å²) in [5.41, 5.74) is 7.81. The molecule has 2 aromatic heterocycles. The quantitative estimate of drug-likeness (QED) is 0.574.